The molecule has 66 valence electrons. The van der Waals surface area contributed by atoms with E-state index in [2.05, 4.69) is 10.1 Å². The van der Waals surface area contributed by atoms with Gasteiger partial charge in [-0.25, -0.2) is 9.31 Å². The normalized spacial score (nSPS) is 10.5. The summed E-state index contributed by atoms with van der Waals surface area (Å²) in [7, 11) is 0. The van der Waals surface area contributed by atoms with Gasteiger partial charge in [-0.2, -0.15) is 5.10 Å². The lowest BCUT2D eigenvalue weighted by Gasteiger charge is -1.92. The molecule has 0 atom stereocenters. The largest absolute Gasteiger partial charge is 0.476 e. The zero-order valence-electron chi connectivity index (χ0n) is 6.93. The molecule has 0 aliphatic rings. The van der Waals surface area contributed by atoms with Gasteiger partial charge in [-0.15, -0.1) is 0 Å². The monoisotopic (exact) mass is 177 g/mol. The Labute approximate surface area is 73.6 Å². The highest BCUT2D eigenvalue weighted by Crippen LogP contribution is 2.05. The molecule has 5 heteroatoms. The van der Waals surface area contributed by atoms with E-state index in [1.807, 2.05) is 6.92 Å². The number of carboxylic acid groups (broad SMARTS) is 1. The molecule has 0 amide bonds. The predicted octanol–water partition coefficient (Wildman–Crippen LogP) is 0.736. The summed E-state index contributed by atoms with van der Waals surface area (Å²) < 4.78 is 1.51. The number of rotatable bonds is 1. The van der Waals surface area contributed by atoms with Crippen LogP contribution in [0.15, 0.2) is 18.5 Å². The Morgan fingerprint density at radius 3 is 3.08 bits per heavy atom. The summed E-state index contributed by atoms with van der Waals surface area (Å²) in [4.78, 5) is 14.6. The first kappa shape index (κ1) is 7.72. The van der Waals surface area contributed by atoms with Crippen molar-refractivity contribution >= 4 is 11.5 Å². The third-order valence-corrected chi connectivity index (χ3v) is 1.69. The summed E-state index contributed by atoms with van der Waals surface area (Å²) in [5, 5.41) is 12.5. The number of carbonyl (C=O) groups is 1. The molecular weight excluding hydrogens is 170 g/mol. The summed E-state index contributed by atoms with van der Waals surface area (Å²) in [5.74, 6) is -1.03. The molecule has 2 aromatic rings. The zero-order valence-corrected chi connectivity index (χ0v) is 6.93. The van der Waals surface area contributed by atoms with Gasteiger partial charge in [0.2, 0.25) is 0 Å². The van der Waals surface area contributed by atoms with E-state index in [1.165, 1.54) is 10.6 Å². The van der Waals surface area contributed by atoms with Gasteiger partial charge in [0.15, 0.2) is 5.69 Å². The SMILES string of the molecule is Cc1cn2nc(C(=O)O)cc2cn1. The third-order valence-electron chi connectivity index (χ3n) is 1.69. The van der Waals surface area contributed by atoms with Crippen LogP contribution in [0.25, 0.3) is 5.52 Å². The maximum Gasteiger partial charge on any atom is 0.356 e. The standard InChI is InChI=1S/C8H7N3O2/c1-5-4-11-6(3-9-5)2-7(10-11)8(12)13/h2-4H,1H3,(H,12,13). The fourth-order valence-electron chi connectivity index (χ4n) is 1.09. The van der Waals surface area contributed by atoms with E-state index in [-0.39, 0.29) is 5.69 Å². The minimum absolute atomic E-state index is 0.0346. The second-order valence-corrected chi connectivity index (χ2v) is 2.73. The summed E-state index contributed by atoms with van der Waals surface area (Å²) in [6, 6.07) is 1.48. The van der Waals surface area contributed by atoms with Crippen molar-refractivity contribution in [3.8, 4) is 0 Å². The summed E-state index contributed by atoms with van der Waals surface area (Å²) in [5.41, 5.74) is 1.52. The Hall–Kier alpha value is -1.91. The highest BCUT2D eigenvalue weighted by Gasteiger charge is 2.08. The lowest BCUT2D eigenvalue weighted by atomic mass is 10.4. The summed E-state index contributed by atoms with van der Waals surface area (Å²) in [6.45, 7) is 1.82. The minimum Gasteiger partial charge on any atom is -0.476 e. The Morgan fingerprint density at radius 1 is 1.62 bits per heavy atom. The predicted molar refractivity (Wildman–Crippen MR) is 44.7 cm³/mol. The Bertz CT molecular complexity index is 475. The lowest BCUT2D eigenvalue weighted by molar-refractivity contribution is 0.0690. The van der Waals surface area contributed by atoms with Crippen LogP contribution in [-0.2, 0) is 0 Å². The van der Waals surface area contributed by atoms with Gasteiger partial charge in [-0.1, -0.05) is 0 Å². The first-order valence-electron chi connectivity index (χ1n) is 3.72. The number of nitrogens with zero attached hydrogens (tertiary/aromatic N) is 3. The Balaban J connectivity index is 2.68. The molecular formula is C8H7N3O2. The first-order valence-corrected chi connectivity index (χ1v) is 3.72. The van der Waals surface area contributed by atoms with E-state index < -0.39 is 5.97 Å². The molecule has 5 nitrogen and oxygen atoms in total. The van der Waals surface area contributed by atoms with Gasteiger partial charge >= 0.3 is 5.97 Å². The Morgan fingerprint density at radius 2 is 2.38 bits per heavy atom. The van der Waals surface area contributed by atoms with Crippen LogP contribution in [0, 0.1) is 6.92 Å². The lowest BCUT2D eigenvalue weighted by Crippen LogP contribution is -1.97. The minimum atomic E-state index is -1.03. The van der Waals surface area contributed by atoms with E-state index in [4.69, 9.17) is 5.11 Å². The van der Waals surface area contributed by atoms with E-state index in [9.17, 15) is 4.79 Å². The molecule has 0 aliphatic carbocycles. The van der Waals surface area contributed by atoms with Crippen molar-refractivity contribution in [2.75, 3.05) is 0 Å². The van der Waals surface area contributed by atoms with E-state index >= 15 is 0 Å². The maximum atomic E-state index is 10.6. The molecule has 0 aliphatic heterocycles. The molecule has 2 aromatic heterocycles. The van der Waals surface area contributed by atoms with Gasteiger partial charge < -0.3 is 5.11 Å². The summed E-state index contributed by atoms with van der Waals surface area (Å²) in [6.07, 6.45) is 3.27. The van der Waals surface area contributed by atoms with Crippen LogP contribution in [-0.4, -0.2) is 25.7 Å². The number of aromatic nitrogens is 3. The Kier molecular flexibility index (Phi) is 1.51. The van der Waals surface area contributed by atoms with Crippen molar-refractivity contribution in [2.24, 2.45) is 0 Å². The second kappa shape index (κ2) is 2.55. The van der Waals surface area contributed by atoms with Crippen LogP contribution in [0.5, 0.6) is 0 Å². The van der Waals surface area contributed by atoms with Crippen LogP contribution in [0.2, 0.25) is 0 Å². The van der Waals surface area contributed by atoms with Crippen LogP contribution in [0.4, 0.5) is 0 Å². The third kappa shape index (κ3) is 1.24. The molecule has 0 saturated carbocycles. The van der Waals surface area contributed by atoms with Crippen LogP contribution >= 0.6 is 0 Å². The van der Waals surface area contributed by atoms with Crippen molar-refractivity contribution in [3.05, 3.63) is 29.8 Å². The average Bonchev–Trinajstić information content (AvgIpc) is 2.46. The first-order chi connectivity index (χ1) is 6.16. The second-order valence-electron chi connectivity index (χ2n) is 2.73. The number of hydrogen-bond donors (Lipinski definition) is 1. The maximum absolute atomic E-state index is 10.6. The number of carboxylic acids is 1. The fraction of sp³-hybridized carbons (Fsp3) is 0.125. The molecule has 2 heterocycles. The van der Waals surface area contributed by atoms with Crippen molar-refractivity contribution in [2.45, 2.75) is 6.92 Å². The van der Waals surface area contributed by atoms with E-state index in [0.29, 0.717) is 5.52 Å². The van der Waals surface area contributed by atoms with Crippen molar-refractivity contribution in [1.82, 2.24) is 14.6 Å². The highest BCUT2D eigenvalue weighted by atomic mass is 16.4. The summed E-state index contributed by atoms with van der Waals surface area (Å²) >= 11 is 0. The van der Waals surface area contributed by atoms with Gasteiger partial charge in [-0.3, -0.25) is 4.98 Å². The molecule has 0 aromatic carbocycles. The molecule has 0 unspecified atom stereocenters. The fourth-order valence-corrected chi connectivity index (χ4v) is 1.09. The molecule has 0 bridgehead atoms. The number of fused-ring (bicyclic) bond motifs is 1. The van der Waals surface area contributed by atoms with Gasteiger partial charge in [0.05, 0.1) is 23.6 Å². The molecule has 0 fully saturated rings. The smallest absolute Gasteiger partial charge is 0.356 e. The topological polar surface area (TPSA) is 67.5 Å². The average molecular weight is 177 g/mol. The highest BCUT2D eigenvalue weighted by molar-refractivity contribution is 5.86. The van der Waals surface area contributed by atoms with E-state index in [0.717, 1.165) is 5.69 Å². The molecule has 0 radical (unpaired) electrons. The van der Waals surface area contributed by atoms with E-state index in [1.54, 1.807) is 12.4 Å². The van der Waals surface area contributed by atoms with Gasteiger partial charge in [-0.05, 0) is 6.92 Å². The zero-order chi connectivity index (χ0) is 9.42. The molecule has 0 saturated heterocycles. The van der Waals surface area contributed by atoms with Crippen LogP contribution in [0.1, 0.15) is 16.2 Å². The van der Waals surface area contributed by atoms with Gasteiger partial charge in [0.1, 0.15) is 0 Å². The van der Waals surface area contributed by atoms with Gasteiger partial charge in [0.25, 0.3) is 0 Å². The van der Waals surface area contributed by atoms with Crippen LogP contribution < -0.4 is 0 Å². The molecule has 1 N–H and O–H groups in total. The molecule has 0 spiro atoms. The molecule has 13 heavy (non-hydrogen) atoms. The number of hydrogen-bond acceptors (Lipinski definition) is 3. The van der Waals surface area contributed by atoms with Crippen LogP contribution in [0.3, 0.4) is 0 Å². The number of aryl methyl sites for hydroxylation is 1. The van der Waals surface area contributed by atoms with Crippen molar-refractivity contribution in [1.29, 1.82) is 0 Å². The van der Waals surface area contributed by atoms with Gasteiger partial charge in [0, 0.05) is 6.07 Å². The van der Waals surface area contributed by atoms with Crippen molar-refractivity contribution in [3.63, 3.8) is 0 Å². The quantitative estimate of drug-likeness (QED) is 0.697. The molecule has 2 rings (SSSR count). The van der Waals surface area contributed by atoms with Crippen molar-refractivity contribution < 1.29 is 9.90 Å². The number of aromatic carboxylic acids is 1.